The molecule has 0 fully saturated rings. The van der Waals surface area contributed by atoms with Gasteiger partial charge in [-0.15, -0.1) is 0 Å². The first-order valence-electron chi connectivity index (χ1n) is 6.20. The van der Waals surface area contributed by atoms with E-state index < -0.39 is 0 Å². The van der Waals surface area contributed by atoms with Crippen LogP contribution < -0.4 is 0 Å². The first kappa shape index (κ1) is 14.6. The maximum Gasteiger partial charge on any atom is 0.202 e. The van der Waals surface area contributed by atoms with Crippen LogP contribution in [0.1, 0.15) is 16.1 Å². The molecule has 3 aromatic rings. The van der Waals surface area contributed by atoms with E-state index in [0.29, 0.717) is 27.0 Å². The summed E-state index contributed by atoms with van der Waals surface area (Å²) in [6.07, 6.45) is 0.107. The van der Waals surface area contributed by atoms with Crippen molar-refractivity contribution in [2.45, 2.75) is 6.42 Å². The van der Waals surface area contributed by atoms with E-state index in [1.165, 1.54) is 0 Å². The van der Waals surface area contributed by atoms with Gasteiger partial charge in [0.05, 0.1) is 4.47 Å². The van der Waals surface area contributed by atoms with E-state index in [-0.39, 0.29) is 12.2 Å². The van der Waals surface area contributed by atoms with Gasteiger partial charge in [0.25, 0.3) is 0 Å². The first-order chi connectivity index (χ1) is 10.1. The van der Waals surface area contributed by atoms with Crippen molar-refractivity contribution in [3.63, 3.8) is 0 Å². The molecule has 21 heavy (non-hydrogen) atoms. The second kappa shape index (κ2) is 5.84. The number of Topliss-reactive ketones (excluding diaryl/α,β-unsaturated/α-hetero) is 1. The highest BCUT2D eigenvalue weighted by molar-refractivity contribution is 9.10. The Morgan fingerprint density at radius 3 is 2.43 bits per heavy atom. The summed E-state index contributed by atoms with van der Waals surface area (Å²) in [6, 6.07) is 12.6. The summed E-state index contributed by atoms with van der Waals surface area (Å²) in [5.74, 6) is 0.140. The Morgan fingerprint density at radius 1 is 1.10 bits per heavy atom. The average molecular weight is 384 g/mol. The Kier molecular flexibility index (Phi) is 4.07. The number of furan rings is 1. The predicted octanol–water partition coefficient (Wildman–Crippen LogP) is 5.93. The smallest absolute Gasteiger partial charge is 0.202 e. The SMILES string of the molecule is O=C(Cc1c(Cl)cccc1Cl)c1cc2cccc(Br)c2o1. The molecule has 2 nitrogen and oxygen atoms in total. The Balaban J connectivity index is 1.96. The van der Waals surface area contributed by atoms with Gasteiger partial charge in [-0.25, -0.2) is 0 Å². The first-order valence-corrected chi connectivity index (χ1v) is 7.75. The van der Waals surface area contributed by atoms with Gasteiger partial charge in [-0.05, 0) is 45.8 Å². The lowest BCUT2D eigenvalue weighted by Crippen LogP contribution is -2.03. The summed E-state index contributed by atoms with van der Waals surface area (Å²) in [6.45, 7) is 0. The molecule has 0 radical (unpaired) electrons. The van der Waals surface area contributed by atoms with Gasteiger partial charge in [-0.3, -0.25) is 4.79 Å². The minimum atomic E-state index is -0.159. The molecule has 0 aliphatic carbocycles. The van der Waals surface area contributed by atoms with Crippen LogP contribution in [0, 0.1) is 0 Å². The van der Waals surface area contributed by atoms with Crippen molar-refractivity contribution in [1.82, 2.24) is 0 Å². The van der Waals surface area contributed by atoms with Crippen LogP contribution in [0.4, 0.5) is 0 Å². The van der Waals surface area contributed by atoms with Crippen LogP contribution in [0.2, 0.25) is 10.0 Å². The zero-order chi connectivity index (χ0) is 15.0. The van der Waals surface area contributed by atoms with Crippen LogP contribution in [0.15, 0.2) is 51.4 Å². The van der Waals surface area contributed by atoms with Crippen molar-refractivity contribution in [2.75, 3.05) is 0 Å². The molecule has 106 valence electrons. The van der Waals surface area contributed by atoms with E-state index in [9.17, 15) is 4.79 Å². The van der Waals surface area contributed by atoms with E-state index in [4.69, 9.17) is 27.6 Å². The van der Waals surface area contributed by atoms with Gasteiger partial charge in [0.2, 0.25) is 5.78 Å². The number of carbonyl (C=O) groups is 1. The fraction of sp³-hybridized carbons (Fsp3) is 0.0625. The highest BCUT2D eigenvalue weighted by atomic mass is 79.9. The largest absolute Gasteiger partial charge is 0.452 e. The number of carbonyl (C=O) groups excluding carboxylic acids is 1. The third-order valence-electron chi connectivity index (χ3n) is 3.17. The highest BCUT2D eigenvalue weighted by Gasteiger charge is 2.17. The molecule has 0 amide bonds. The van der Waals surface area contributed by atoms with E-state index in [1.807, 2.05) is 18.2 Å². The zero-order valence-corrected chi connectivity index (χ0v) is 13.8. The van der Waals surface area contributed by atoms with Crippen LogP contribution in [0.5, 0.6) is 0 Å². The van der Waals surface area contributed by atoms with E-state index in [1.54, 1.807) is 24.3 Å². The van der Waals surface area contributed by atoms with Crippen molar-refractivity contribution in [3.8, 4) is 0 Å². The minimum Gasteiger partial charge on any atom is -0.452 e. The van der Waals surface area contributed by atoms with Gasteiger partial charge in [0, 0.05) is 21.9 Å². The molecule has 0 atom stereocenters. The standard InChI is InChI=1S/C16H9BrCl2O2/c17-11-4-1-3-9-7-15(21-16(9)11)14(20)8-10-12(18)5-2-6-13(10)19/h1-7H,8H2. The van der Waals surface area contributed by atoms with Crippen LogP contribution in [0.25, 0.3) is 11.0 Å². The predicted molar refractivity (Wildman–Crippen MR) is 88.4 cm³/mol. The normalized spacial score (nSPS) is 11.0. The number of fused-ring (bicyclic) bond motifs is 1. The average Bonchev–Trinajstić information content (AvgIpc) is 2.88. The Bertz CT molecular complexity index is 819. The van der Waals surface area contributed by atoms with Gasteiger partial charge in [0.1, 0.15) is 5.58 Å². The van der Waals surface area contributed by atoms with Crippen LogP contribution >= 0.6 is 39.1 Å². The molecule has 1 heterocycles. The minimum absolute atomic E-state index is 0.107. The summed E-state index contributed by atoms with van der Waals surface area (Å²) >= 11 is 15.6. The molecule has 0 aliphatic rings. The lowest BCUT2D eigenvalue weighted by Gasteiger charge is -2.04. The third-order valence-corrected chi connectivity index (χ3v) is 4.50. The molecule has 2 aromatic carbocycles. The molecular formula is C16H9BrCl2O2. The number of halogens is 3. The number of para-hydroxylation sites is 1. The van der Waals surface area contributed by atoms with E-state index in [2.05, 4.69) is 15.9 Å². The fourth-order valence-corrected chi connectivity index (χ4v) is 3.11. The lowest BCUT2D eigenvalue weighted by atomic mass is 10.1. The maximum atomic E-state index is 12.4. The number of rotatable bonds is 3. The summed E-state index contributed by atoms with van der Waals surface area (Å²) < 4.78 is 6.44. The monoisotopic (exact) mass is 382 g/mol. The Morgan fingerprint density at radius 2 is 1.76 bits per heavy atom. The summed E-state index contributed by atoms with van der Waals surface area (Å²) in [5.41, 5.74) is 1.27. The van der Waals surface area contributed by atoms with Gasteiger partial charge in [0.15, 0.2) is 5.76 Å². The van der Waals surface area contributed by atoms with Crippen LogP contribution in [-0.2, 0) is 6.42 Å². The molecule has 0 aliphatic heterocycles. The molecule has 0 spiro atoms. The van der Waals surface area contributed by atoms with E-state index in [0.717, 1.165) is 9.86 Å². The number of ketones is 1. The number of hydrogen-bond acceptors (Lipinski definition) is 2. The second-order valence-electron chi connectivity index (χ2n) is 4.57. The van der Waals surface area contributed by atoms with Crippen LogP contribution in [-0.4, -0.2) is 5.78 Å². The summed E-state index contributed by atoms with van der Waals surface area (Å²) in [7, 11) is 0. The molecule has 0 N–H and O–H groups in total. The van der Waals surface area contributed by atoms with Gasteiger partial charge in [-0.2, -0.15) is 0 Å². The fourth-order valence-electron chi connectivity index (χ4n) is 2.11. The van der Waals surface area contributed by atoms with Gasteiger partial charge >= 0.3 is 0 Å². The van der Waals surface area contributed by atoms with Crippen molar-refractivity contribution in [3.05, 3.63) is 68.3 Å². The van der Waals surface area contributed by atoms with Gasteiger partial charge < -0.3 is 4.42 Å². The molecular weight excluding hydrogens is 375 g/mol. The summed E-state index contributed by atoms with van der Waals surface area (Å²) in [4.78, 5) is 12.4. The van der Waals surface area contributed by atoms with Crippen molar-refractivity contribution < 1.29 is 9.21 Å². The molecule has 0 unspecified atom stereocenters. The number of hydrogen-bond donors (Lipinski definition) is 0. The Labute approximate surface area is 139 Å². The lowest BCUT2D eigenvalue weighted by molar-refractivity contribution is 0.0968. The van der Waals surface area contributed by atoms with Gasteiger partial charge in [-0.1, -0.05) is 41.4 Å². The molecule has 0 saturated heterocycles. The van der Waals surface area contributed by atoms with Crippen LogP contribution in [0.3, 0.4) is 0 Å². The quantitative estimate of drug-likeness (QED) is 0.525. The second-order valence-corrected chi connectivity index (χ2v) is 6.24. The zero-order valence-electron chi connectivity index (χ0n) is 10.7. The van der Waals surface area contributed by atoms with Crippen molar-refractivity contribution in [1.29, 1.82) is 0 Å². The van der Waals surface area contributed by atoms with Crippen molar-refractivity contribution in [2.24, 2.45) is 0 Å². The van der Waals surface area contributed by atoms with E-state index >= 15 is 0 Å². The summed E-state index contributed by atoms with van der Waals surface area (Å²) in [5, 5.41) is 1.83. The third kappa shape index (κ3) is 2.86. The van der Waals surface area contributed by atoms with Crippen molar-refractivity contribution >= 4 is 55.9 Å². The highest BCUT2D eigenvalue weighted by Crippen LogP contribution is 2.29. The molecule has 0 saturated carbocycles. The molecule has 3 rings (SSSR count). The molecule has 5 heteroatoms. The number of benzene rings is 2. The maximum absolute atomic E-state index is 12.4. The molecule has 0 bridgehead atoms. The topological polar surface area (TPSA) is 30.2 Å². The molecule has 1 aromatic heterocycles. The Hall–Kier alpha value is -1.29.